The molecule has 21 nitrogen and oxygen atoms in total. The van der Waals surface area contributed by atoms with Gasteiger partial charge in [-0.2, -0.15) is 0 Å². The summed E-state index contributed by atoms with van der Waals surface area (Å²) >= 11 is 0. The number of aliphatic hydroxyl groups excluding tert-OH is 9. The molecule has 3 aliphatic rings. The zero-order valence-corrected chi connectivity index (χ0v) is 39.5. The van der Waals surface area contributed by atoms with E-state index in [2.05, 4.69) is 0 Å². The molecule has 392 valence electrons. The maximum absolute atomic E-state index is 12.0. The molecule has 21 heteroatoms. The van der Waals surface area contributed by atoms with Crippen LogP contribution in [0.25, 0.3) is 0 Å². The molecule has 67 heavy (non-hydrogen) atoms. The van der Waals surface area contributed by atoms with E-state index in [0.717, 1.165) is 104 Å². The van der Waals surface area contributed by atoms with Crippen LogP contribution >= 0.6 is 0 Å². The summed E-state index contributed by atoms with van der Waals surface area (Å²) in [6, 6.07) is 0. The molecule has 0 bridgehead atoms. The smallest absolute Gasteiger partial charge is 0.332 e. The Kier molecular flexibility index (Phi) is 28.2. The molecule has 0 amide bonds. The van der Waals surface area contributed by atoms with Gasteiger partial charge in [0.05, 0.1) is 31.5 Å². The topological polar surface area (TPSA) is 327 Å². The highest BCUT2D eigenvalue weighted by Gasteiger charge is 2.52. The predicted molar refractivity (Wildman–Crippen MR) is 235 cm³/mol. The van der Waals surface area contributed by atoms with Crippen LogP contribution in [0.2, 0.25) is 0 Å². The fourth-order valence-corrected chi connectivity index (χ4v) is 8.46. The Balaban J connectivity index is 1.52. The Morgan fingerprint density at radius 1 is 0.567 bits per heavy atom. The molecule has 13 unspecified atom stereocenters. The van der Waals surface area contributed by atoms with Crippen molar-refractivity contribution in [3.63, 3.8) is 0 Å². The monoisotopic (exact) mass is 971 g/mol. The Hall–Kier alpha value is -2.19. The number of hydrogen-bond acceptors (Lipinski definition) is 20. The number of aliphatic hydroxyl groups is 9. The summed E-state index contributed by atoms with van der Waals surface area (Å²) in [7, 11) is 0. The van der Waals surface area contributed by atoms with Crippen molar-refractivity contribution in [3.05, 3.63) is 0 Å². The first-order chi connectivity index (χ1) is 31.9. The normalized spacial score (nSPS) is 32.0. The van der Waals surface area contributed by atoms with Crippen molar-refractivity contribution in [1.82, 2.24) is 0 Å². The molecule has 0 radical (unpaired) electrons. The number of carbonyl (C=O) groups is 3. The van der Waals surface area contributed by atoms with Crippen molar-refractivity contribution in [2.75, 3.05) is 19.8 Å². The van der Waals surface area contributed by atoms with Crippen molar-refractivity contribution in [2.24, 2.45) is 0 Å². The summed E-state index contributed by atoms with van der Waals surface area (Å²) in [4.78, 5) is 34.1. The van der Waals surface area contributed by atoms with Crippen LogP contribution in [0.3, 0.4) is 0 Å². The van der Waals surface area contributed by atoms with Gasteiger partial charge < -0.3 is 89.0 Å². The molecule has 0 aromatic rings. The molecule has 0 saturated carbocycles. The van der Waals surface area contributed by atoms with Gasteiger partial charge in [-0.1, -0.05) is 96.8 Å². The van der Waals surface area contributed by atoms with Crippen molar-refractivity contribution in [1.29, 1.82) is 0 Å². The Labute approximate surface area is 393 Å². The zero-order valence-electron chi connectivity index (χ0n) is 39.5. The van der Waals surface area contributed by atoms with Crippen LogP contribution in [0.4, 0.5) is 0 Å². The molecule has 0 aromatic heterocycles. The lowest BCUT2D eigenvalue weighted by Gasteiger charge is -2.46. The van der Waals surface area contributed by atoms with Gasteiger partial charge in [0.25, 0.3) is 0 Å². The number of aliphatic carboxylic acids is 1. The third kappa shape index (κ3) is 21.0. The molecular formula is C46H82O21. The van der Waals surface area contributed by atoms with Crippen LogP contribution in [-0.2, 0) is 52.3 Å². The van der Waals surface area contributed by atoms with E-state index in [1.54, 1.807) is 0 Å². The molecule has 0 spiro atoms. The second-order valence-electron chi connectivity index (χ2n) is 18.3. The SMILES string of the molecule is CCCC[C@H](CCC[C@H](O)[C@@H](O)CCCCCCCCCCCCCC[C@H](O)C(=O)O)OC1OCC(OC(C)=O)C(O)C1OC1OCC(O)C(O)C1OC1OC(COC(C)=O)C(O)C(O)C1O. The number of unbranched alkanes of at least 4 members (excludes halogenated alkanes) is 12. The van der Waals surface area contributed by atoms with E-state index < -0.39 is 135 Å². The van der Waals surface area contributed by atoms with Gasteiger partial charge in [0.2, 0.25) is 0 Å². The van der Waals surface area contributed by atoms with Gasteiger partial charge in [-0.15, -0.1) is 0 Å². The van der Waals surface area contributed by atoms with Crippen LogP contribution in [0.1, 0.15) is 149 Å². The molecule has 0 aromatic carbocycles. The number of ether oxygens (including phenoxy) is 8. The van der Waals surface area contributed by atoms with Gasteiger partial charge >= 0.3 is 17.9 Å². The molecule has 3 saturated heterocycles. The molecule has 3 heterocycles. The minimum absolute atomic E-state index is 0.275. The molecule has 3 rings (SSSR count). The van der Waals surface area contributed by atoms with E-state index in [1.165, 1.54) is 0 Å². The third-order valence-electron chi connectivity index (χ3n) is 12.5. The summed E-state index contributed by atoms with van der Waals surface area (Å²) in [6.07, 6.45) is -7.93. The maximum Gasteiger partial charge on any atom is 0.332 e. The summed E-state index contributed by atoms with van der Waals surface area (Å²) in [6.45, 7) is 3.02. The van der Waals surface area contributed by atoms with Crippen molar-refractivity contribution >= 4 is 17.9 Å². The number of carboxylic acids is 1. The summed E-state index contributed by atoms with van der Waals surface area (Å²) in [5, 5.41) is 105. The number of esters is 2. The fourth-order valence-electron chi connectivity index (χ4n) is 8.46. The number of rotatable bonds is 33. The molecule has 3 fully saturated rings. The average molecular weight is 971 g/mol. The minimum atomic E-state index is -1.90. The number of carbonyl (C=O) groups excluding carboxylic acids is 2. The molecule has 0 aliphatic carbocycles. The Morgan fingerprint density at radius 3 is 1.66 bits per heavy atom. The van der Waals surface area contributed by atoms with Crippen molar-refractivity contribution < 1.29 is 103 Å². The largest absolute Gasteiger partial charge is 0.479 e. The van der Waals surface area contributed by atoms with Crippen molar-refractivity contribution in [2.45, 2.75) is 254 Å². The number of carboxylic acid groups (broad SMARTS) is 1. The summed E-state index contributed by atoms with van der Waals surface area (Å²) in [5.74, 6) is -2.58. The molecular weight excluding hydrogens is 888 g/mol. The predicted octanol–water partition coefficient (Wildman–Crippen LogP) is 1.23. The Bertz CT molecular complexity index is 1380. The highest BCUT2D eigenvalue weighted by atomic mass is 16.8. The van der Waals surface area contributed by atoms with E-state index in [1.807, 2.05) is 6.92 Å². The lowest BCUT2D eigenvalue weighted by Crippen LogP contribution is -2.64. The molecule has 3 aliphatic heterocycles. The van der Waals surface area contributed by atoms with E-state index in [9.17, 15) is 60.3 Å². The second-order valence-corrected chi connectivity index (χ2v) is 18.3. The zero-order chi connectivity index (χ0) is 49.5. The average Bonchev–Trinajstić information content (AvgIpc) is 3.28. The molecule has 17 atom stereocenters. The number of hydrogen-bond donors (Lipinski definition) is 10. The van der Waals surface area contributed by atoms with E-state index in [0.29, 0.717) is 38.5 Å². The lowest BCUT2D eigenvalue weighted by molar-refractivity contribution is -0.380. The van der Waals surface area contributed by atoms with Crippen LogP contribution in [0.5, 0.6) is 0 Å². The third-order valence-corrected chi connectivity index (χ3v) is 12.5. The first kappa shape index (κ1) is 59.1. The quantitative estimate of drug-likeness (QED) is 0.0327. The second kappa shape index (κ2) is 31.9. The van der Waals surface area contributed by atoms with E-state index in [4.69, 9.17) is 43.0 Å². The standard InChI is InChI=1S/C46H82O21/c1-4-5-19-29(20-18-23-31(50)30(49)21-16-14-12-10-8-6-7-9-11-13-15-17-22-32(51)43(58)59)64-45-42(38(55)35(26-62-45)63-28(3)48)67-46-41(36(53)33(52)24-61-46)66-44-40(57)39(56)37(54)34(65-44)25-60-27(2)47/h29-42,44-46,49-57H,4-26H2,1-3H3,(H,58,59)/t29-,30+,31+,32+,33?,34?,35?,36?,37?,38?,39?,40?,41?,42?,44?,45?,46?/m1/s1. The van der Waals surface area contributed by atoms with Crippen LogP contribution < -0.4 is 0 Å². The van der Waals surface area contributed by atoms with Crippen LogP contribution in [-0.4, -0.2) is 193 Å². The first-order valence-corrected chi connectivity index (χ1v) is 24.5. The Morgan fingerprint density at radius 2 is 1.09 bits per heavy atom. The lowest BCUT2D eigenvalue weighted by atomic mass is 9.98. The van der Waals surface area contributed by atoms with Crippen molar-refractivity contribution in [3.8, 4) is 0 Å². The van der Waals surface area contributed by atoms with Gasteiger partial charge in [-0.3, -0.25) is 9.59 Å². The summed E-state index contributed by atoms with van der Waals surface area (Å²) < 4.78 is 46.0. The van der Waals surface area contributed by atoms with E-state index in [-0.39, 0.29) is 6.61 Å². The van der Waals surface area contributed by atoms with Gasteiger partial charge in [0, 0.05) is 13.8 Å². The van der Waals surface area contributed by atoms with E-state index >= 15 is 0 Å². The first-order valence-electron chi connectivity index (χ1n) is 24.5. The van der Waals surface area contributed by atoms with Gasteiger partial charge in [0.1, 0.15) is 61.5 Å². The highest BCUT2D eigenvalue weighted by Crippen LogP contribution is 2.32. The minimum Gasteiger partial charge on any atom is -0.479 e. The fraction of sp³-hybridized carbons (Fsp3) is 0.935. The van der Waals surface area contributed by atoms with Crippen LogP contribution in [0, 0.1) is 0 Å². The van der Waals surface area contributed by atoms with Crippen LogP contribution in [0.15, 0.2) is 0 Å². The highest BCUT2D eigenvalue weighted by molar-refractivity contribution is 5.71. The van der Waals surface area contributed by atoms with Gasteiger partial charge in [-0.25, -0.2) is 4.79 Å². The van der Waals surface area contributed by atoms with Gasteiger partial charge in [0.15, 0.2) is 31.1 Å². The molecule has 10 N–H and O–H groups in total. The maximum atomic E-state index is 12.0. The van der Waals surface area contributed by atoms with Gasteiger partial charge in [-0.05, 0) is 38.5 Å². The summed E-state index contributed by atoms with van der Waals surface area (Å²) in [5.41, 5.74) is 0.